The number of aromatic nitrogens is 2. The van der Waals surface area contributed by atoms with Crippen LogP contribution in [0.1, 0.15) is 21.6 Å². The predicted octanol–water partition coefficient (Wildman–Crippen LogP) is 5.93. The molecule has 0 saturated heterocycles. The maximum Gasteiger partial charge on any atom is 0.254 e. The van der Waals surface area contributed by atoms with Gasteiger partial charge in [-0.1, -0.05) is 29.8 Å². The number of methoxy groups -OCH3 is 3. The number of carbonyl (C=O) groups excluding carboxylic acids is 1. The van der Waals surface area contributed by atoms with Crippen LogP contribution in [-0.2, 0) is 11.3 Å². The largest absolute Gasteiger partial charge is 0.497 e. The smallest absolute Gasteiger partial charge is 0.254 e. The molecule has 1 aromatic heterocycles. The molecule has 9 heteroatoms. The van der Waals surface area contributed by atoms with Gasteiger partial charge in [0.1, 0.15) is 5.75 Å². The molecule has 0 radical (unpaired) electrons. The zero-order chi connectivity index (χ0) is 27.1. The summed E-state index contributed by atoms with van der Waals surface area (Å²) in [6.45, 7) is 2.86. The van der Waals surface area contributed by atoms with Crippen LogP contribution in [-0.4, -0.2) is 55.1 Å². The normalized spacial score (nSPS) is 10.8. The Kier molecular flexibility index (Phi) is 8.89. The van der Waals surface area contributed by atoms with Gasteiger partial charge in [-0.2, -0.15) is 5.10 Å². The average Bonchev–Trinajstić information content (AvgIpc) is 3.25. The number of ether oxygens (including phenoxy) is 4. The molecule has 0 aliphatic heterocycles. The number of amides is 1. The van der Waals surface area contributed by atoms with E-state index in [1.165, 1.54) is 0 Å². The van der Waals surface area contributed by atoms with Crippen molar-refractivity contribution in [2.75, 3.05) is 34.5 Å². The number of halogens is 1. The Morgan fingerprint density at radius 3 is 2.37 bits per heavy atom. The van der Waals surface area contributed by atoms with E-state index in [-0.39, 0.29) is 12.5 Å². The number of carbonyl (C=O) groups is 1. The Hall–Kier alpha value is -4.01. The van der Waals surface area contributed by atoms with E-state index in [4.69, 9.17) is 35.6 Å². The summed E-state index contributed by atoms with van der Waals surface area (Å²) in [6.07, 6.45) is 0. The average molecular weight is 536 g/mol. The van der Waals surface area contributed by atoms with Crippen molar-refractivity contribution in [3.63, 3.8) is 0 Å². The third-order valence-electron chi connectivity index (χ3n) is 6.00. The quantitative estimate of drug-likeness (QED) is 0.237. The Balaban J connectivity index is 1.78. The summed E-state index contributed by atoms with van der Waals surface area (Å²) in [6, 6.07) is 21.8. The highest BCUT2D eigenvalue weighted by Gasteiger charge is 2.25. The molecule has 38 heavy (non-hydrogen) atoms. The molecule has 4 aromatic rings. The lowest BCUT2D eigenvalue weighted by molar-refractivity contribution is 0.0678. The van der Waals surface area contributed by atoms with Gasteiger partial charge in [-0.3, -0.25) is 4.79 Å². The third-order valence-corrected chi connectivity index (χ3v) is 6.25. The number of hydrogen-bond donors (Lipinski definition) is 0. The van der Waals surface area contributed by atoms with E-state index >= 15 is 0 Å². The van der Waals surface area contributed by atoms with Gasteiger partial charge in [0.25, 0.3) is 5.91 Å². The molecule has 0 saturated carbocycles. The van der Waals surface area contributed by atoms with Crippen LogP contribution in [0.5, 0.6) is 23.1 Å². The van der Waals surface area contributed by atoms with Crippen molar-refractivity contribution >= 4 is 17.5 Å². The molecule has 1 amide bonds. The summed E-state index contributed by atoms with van der Waals surface area (Å²) >= 11 is 6.13. The number of aryl methyl sites for hydroxylation is 1. The number of benzene rings is 3. The number of rotatable bonds is 11. The highest BCUT2D eigenvalue weighted by molar-refractivity contribution is 6.30. The number of para-hydroxylation sites is 2. The van der Waals surface area contributed by atoms with Crippen LogP contribution in [0.4, 0.5) is 0 Å². The molecule has 0 aliphatic carbocycles. The Morgan fingerprint density at radius 2 is 1.68 bits per heavy atom. The highest BCUT2D eigenvalue weighted by atomic mass is 35.5. The maximum absolute atomic E-state index is 13.6. The van der Waals surface area contributed by atoms with Gasteiger partial charge in [0.15, 0.2) is 11.5 Å². The Labute approximate surface area is 227 Å². The Morgan fingerprint density at radius 1 is 0.947 bits per heavy atom. The molecule has 4 rings (SSSR count). The highest BCUT2D eigenvalue weighted by Crippen LogP contribution is 2.36. The van der Waals surface area contributed by atoms with Crippen molar-refractivity contribution in [1.82, 2.24) is 14.7 Å². The maximum atomic E-state index is 13.6. The lowest BCUT2D eigenvalue weighted by Crippen LogP contribution is -2.33. The molecule has 0 bridgehead atoms. The summed E-state index contributed by atoms with van der Waals surface area (Å²) in [4.78, 5) is 15.3. The van der Waals surface area contributed by atoms with Gasteiger partial charge in [0.2, 0.25) is 5.88 Å². The first-order chi connectivity index (χ1) is 18.4. The van der Waals surface area contributed by atoms with Gasteiger partial charge >= 0.3 is 0 Å². The standard InChI is InChI=1S/C29H30ClN3O5/c1-20-25(19-32(16-17-35-2)28(34)21-8-7-9-24(18-21)36-3)29(38-27-11-6-5-10-26(27)37-4)33(31-20)23-14-12-22(30)13-15-23/h5-15,18H,16-17,19H2,1-4H3. The molecule has 3 aromatic carbocycles. The van der Waals surface area contributed by atoms with Gasteiger partial charge in [-0.15, -0.1) is 0 Å². The molecule has 0 fully saturated rings. The van der Waals surface area contributed by atoms with E-state index in [1.807, 2.05) is 43.3 Å². The minimum Gasteiger partial charge on any atom is -0.497 e. The van der Waals surface area contributed by atoms with E-state index in [0.717, 1.165) is 11.3 Å². The molecule has 8 nitrogen and oxygen atoms in total. The van der Waals surface area contributed by atoms with Crippen LogP contribution in [0.25, 0.3) is 5.69 Å². The summed E-state index contributed by atoms with van der Waals surface area (Å²) < 4.78 is 24.3. The summed E-state index contributed by atoms with van der Waals surface area (Å²) in [5.74, 6) is 2.00. The first kappa shape index (κ1) is 27.0. The second-order valence-electron chi connectivity index (χ2n) is 8.46. The van der Waals surface area contributed by atoms with Crippen molar-refractivity contribution in [3.8, 4) is 28.8 Å². The van der Waals surface area contributed by atoms with Crippen LogP contribution < -0.4 is 14.2 Å². The second kappa shape index (κ2) is 12.5. The van der Waals surface area contributed by atoms with Gasteiger partial charge < -0.3 is 23.8 Å². The number of hydrogen-bond acceptors (Lipinski definition) is 6. The summed E-state index contributed by atoms with van der Waals surface area (Å²) in [5.41, 5.74) is 2.73. The predicted molar refractivity (Wildman–Crippen MR) is 146 cm³/mol. The van der Waals surface area contributed by atoms with Crippen molar-refractivity contribution < 1.29 is 23.7 Å². The van der Waals surface area contributed by atoms with Gasteiger partial charge in [-0.05, 0) is 61.5 Å². The van der Waals surface area contributed by atoms with E-state index in [9.17, 15) is 4.79 Å². The van der Waals surface area contributed by atoms with Crippen molar-refractivity contribution in [3.05, 3.63) is 94.6 Å². The molecule has 1 heterocycles. The summed E-state index contributed by atoms with van der Waals surface area (Å²) in [5, 5.41) is 5.38. The van der Waals surface area contributed by atoms with Crippen molar-refractivity contribution in [2.24, 2.45) is 0 Å². The fourth-order valence-corrected chi connectivity index (χ4v) is 4.10. The van der Waals surface area contributed by atoms with Crippen LogP contribution in [0, 0.1) is 6.92 Å². The first-order valence-corrected chi connectivity index (χ1v) is 12.4. The fourth-order valence-electron chi connectivity index (χ4n) is 3.97. The molecule has 0 unspecified atom stereocenters. The molecular weight excluding hydrogens is 506 g/mol. The van der Waals surface area contributed by atoms with Crippen LogP contribution in [0.2, 0.25) is 5.02 Å². The minimum absolute atomic E-state index is 0.164. The summed E-state index contributed by atoms with van der Waals surface area (Å²) in [7, 11) is 4.76. The first-order valence-electron chi connectivity index (χ1n) is 12.0. The molecule has 0 spiro atoms. The second-order valence-corrected chi connectivity index (χ2v) is 8.90. The molecule has 0 atom stereocenters. The number of nitrogens with zero attached hydrogens (tertiary/aromatic N) is 3. The van der Waals surface area contributed by atoms with Gasteiger partial charge in [-0.25, -0.2) is 4.68 Å². The zero-order valence-electron chi connectivity index (χ0n) is 21.8. The molecule has 0 N–H and O–H groups in total. The van der Waals surface area contributed by atoms with E-state index in [1.54, 1.807) is 67.3 Å². The molecular formula is C29H30ClN3O5. The minimum atomic E-state index is -0.164. The fraction of sp³-hybridized carbons (Fsp3) is 0.241. The van der Waals surface area contributed by atoms with Crippen molar-refractivity contribution in [2.45, 2.75) is 13.5 Å². The van der Waals surface area contributed by atoms with Gasteiger partial charge in [0, 0.05) is 24.2 Å². The van der Waals surface area contributed by atoms with E-state index in [0.29, 0.717) is 52.6 Å². The molecule has 198 valence electrons. The monoisotopic (exact) mass is 535 g/mol. The topological polar surface area (TPSA) is 75.0 Å². The van der Waals surface area contributed by atoms with E-state index in [2.05, 4.69) is 0 Å². The van der Waals surface area contributed by atoms with E-state index < -0.39 is 0 Å². The lowest BCUT2D eigenvalue weighted by atomic mass is 10.1. The van der Waals surface area contributed by atoms with Crippen molar-refractivity contribution in [1.29, 1.82) is 0 Å². The van der Waals surface area contributed by atoms with Gasteiger partial charge in [0.05, 0.1) is 44.3 Å². The SMILES string of the molecule is COCCN(Cc1c(C)nn(-c2ccc(Cl)cc2)c1Oc1ccccc1OC)C(=O)c1cccc(OC)c1. The lowest BCUT2D eigenvalue weighted by Gasteiger charge is -2.23. The molecule has 0 aliphatic rings. The zero-order valence-corrected chi connectivity index (χ0v) is 22.6. The third kappa shape index (κ3) is 6.10. The van der Waals surface area contributed by atoms with Crippen LogP contribution in [0.15, 0.2) is 72.8 Å². The van der Waals surface area contributed by atoms with Crippen LogP contribution in [0.3, 0.4) is 0 Å². The van der Waals surface area contributed by atoms with Crippen LogP contribution >= 0.6 is 11.6 Å². The Bertz CT molecular complexity index is 1390.